The lowest BCUT2D eigenvalue weighted by Crippen LogP contribution is -2.09. The monoisotopic (exact) mass is 289 g/mol. The van der Waals surface area contributed by atoms with Gasteiger partial charge in [-0.2, -0.15) is 0 Å². The number of hydrogen-bond acceptors (Lipinski definition) is 3. The molecule has 0 radical (unpaired) electrons. The molecule has 4 nitrogen and oxygen atoms in total. The number of carboxylic acids is 1. The Balaban J connectivity index is 2.25. The number of carbonyl (C=O) groups is 1. The Morgan fingerprint density at radius 2 is 1.95 bits per heavy atom. The zero-order chi connectivity index (χ0) is 15.6. The first-order valence-electron chi connectivity index (χ1n) is 6.47. The molecule has 21 heavy (non-hydrogen) atoms. The van der Waals surface area contributed by atoms with Crippen molar-refractivity contribution in [2.24, 2.45) is 0 Å². The number of aromatic carboxylic acids is 1. The number of rotatable bonds is 4. The summed E-state index contributed by atoms with van der Waals surface area (Å²) in [6, 6.07) is 8.87. The number of aromatic hydroxyl groups is 1. The number of phenols is 1. The topological polar surface area (TPSA) is 69.6 Å². The van der Waals surface area contributed by atoms with Crippen molar-refractivity contribution in [2.45, 2.75) is 19.9 Å². The summed E-state index contributed by atoms with van der Waals surface area (Å²) in [5.41, 5.74) is 1.71. The zero-order valence-corrected chi connectivity index (χ0v) is 11.7. The van der Waals surface area contributed by atoms with Gasteiger partial charge < -0.3 is 15.5 Å². The van der Waals surface area contributed by atoms with Gasteiger partial charge in [-0.1, -0.05) is 12.1 Å². The Labute approximate surface area is 121 Å². The van der Waals surface area contributed by atoms with Crippen molar-refractivity contribution in [3.63, 3.8) is 0 Å². The van der Waals surface area contributed by atoms with Crippen molar-refractivity contribution in [1.29, 1.82) is 0 Å². The van der Waals surface area contributed by atoms with Crippen molar-refractivity contribution in [3.8, 4) is 5.75 Å². The number of carboxylic acid groups (broad SMARTS) is 1. The van der Waals surface area contributed by atoms with Gasteiger partial charge in [-0.3, -0.25) is 0 Å². The molecule has 0 heterocycles. The van der Waals surface area contributed by atoms with Gasteiger partial charge in [0.05, 0.1) is 11.6 Å². The molecular weight excluding hydrogens is 273 g/mol. The van der Waals surface area contributed by atoms with Crippen LogP contribution in [0.5, 0.6) is 5.75 Å². The van der Waals surface area contributed by atoms with E-state index in [1.807, 2.05) is 19.9 Å². The van der Waals surface area contributed by atoms with E-state index in [4.69, 9.17) is 5.11 Å². The summed E-state index contributed by atoms with van der Waals surface area (Å²) in [6.07, 6.45) is 0. The fraction of sp³-hybridized carbons (Fsp3) is 0.188. The van der Waals surface area contributed by atoms with E-state index < -0.39 is 11.8 Å². The highest BCUT2D eigenvalue weighted by Gasteiger charge is 2.14. The van der Waals surface area contributed by atoms with Crippen LogP contribution in [0.3, 0.4) is 0 Å². The summed E-state index contributed by atoms with van der Waals surface area (Å²) in [5, 5.41) is 21.9. The molecule has 0 spiro atoms. The van der Waals surface area contributed by atoms with E-state index in [1.165, 1.54) is 12.1 Å². The molecule has 0 aliphatic heterocycles. The Hall–Kier alpha value is -2.56. The van der Waals surface area contributed by atoms with Gasteiger partial charge in [0.2, 0.25) is 0 Å². The Morgan fingerprint density at radius 3 is 2.57 bits per heavy atom. The predicted octanol–water partition coefficient (Wildman–Crippen LogP) is 3.71. The van der Waals surface area contributed by atoms with Crippen molar-refractivity contribution in [3.05, 3.63) is 58.9 Å². The lowest BCUT2D eigenvalue weighted by atomic mass is 10.0. The molecule has 0 saturated heterocycles. The fourth-order valence-electron chi connectivity index (χ4n) is 2.13. The van der Waals surface area contributed by atoms with E-state index in [9.17, 15) is 14.3 Å². The minimum absolute atomic E-state index is 0.163. The molecular formula is C16H16FNO3. The summed E-state index contributed by atoms with van der Waals surface area (Å²) < 4.78 is 13.3. The van der Waals surface area contributed by atoms with E-state index in [-0.39, 0.29) is 17.4 Å². The molecule has 2 aromatic carbocycles. The minimum Gasteiger partial charge on any atom is -0.508 e. The zero-order valence-electron chi connectivity index (χ0n) is 11.7. The SMILES string of the molecule is Cc1ccc(C(C)Nc2ccc(F)c(C(=O)O)c2)c(O)c1. The fourth-order valence-corrected chi connectivity index (χ4v) is 2.13. The predicted molar refractivity (Wildman–Crippen MR) is 78.2 cm³/mol. The van der Waals surface area contributed by atoms with E-state index in [0.29, 0.717) is 11.3 Å². The molecule has 110 valence electrons. The molecule has 1 atom stereocenters. The summed E-state index contributed by atoms with van der Waals surface area (Å²) in [7, 11) is 0. The third kappa shape index (κ3) is 3.31. The normalized spacial score (nSPS) is 12.0. The molecule has 0 aliphatic carbocycles. The van der Waals surface area contributed by atoms with Gasteiger partial charge in [0.25, 0.3) is 0 Å². The van der Waals surface area contributed by atoms with E-state index in [1.54, 1.807) is 12.1 Å². The quantitative estimate of drug-likeness (QED) is 0.802. The number of hydrogen-bond donors (Lipinski definition) is 3. The van der Waals surface area contributed by atoms with Crippen LogP contribution in [0.4, 0.5) is 10.1 Å². The number of benzene rings is 2. The van der Waals surface area contributed by atoms with Crippen molar-refractivity contribution >= 4 is 11.7 Å². The van der Waals surface area contributed by atoms with Gasteiger partial charge >= 0.3 is 5.97 Å². The Morgan fingerprint density at radius 1 is 1.24 bits per heavy atom. The van der Waals surface area contributed by atoms with E-state index in [0.717, 1.165) is 11.6 Å². The summed E-state index contributed by atoms with van der Waals surface area (Å²) in [4.78, 5) is 10.9. The largest absolute Gasteiger partial charge is 0.508 e. The lowest BCUT2D eigenvalue weighted by Gasteiger charge is -2.17. The maximum absolute atomic E-state index is 13.3. The highest BCUT2D eigenvalue weighted by atomic mass is 19.1. The minimum atomic E-state index is -1.32. The molecule has 3 N–H and O–H groups in total. The number of anilines is 1. The standard InChI is InChI=1S/C16H16FNO3/c1-9-3-5-12(15(19)7-9)10(2)18-11-4-6-14(17)13(8-11)16(20)21/h3-8,10,18-19H,1-2H3,(H,20,21). The van der Waals surface area contributed by atoms with Crippen LogP contribution in [-0.2, 0) is 0 Å². The average Bonchev–Trinajstić information content (AvgIpc) is 2.40. The van der Waals surface area contributed by atoms with Gasteiger partial charge in [-0.15, -0.1) is 0 Å². The molecule has 2 aromatic rings. The van der Waals surface area contributed by atoms with Crippen LogP contribution in [0.25, 0.3) is 0 Å². The molecule has 2 rings (SSSR count). The van der Waals surface area contributed by atoms with Crippen molar-refractivity contribution < 1.29 is 19.4 Å². The second-order valence-electron chi connectivity index (χ2n) is 4.93. The summed E-state index contributed by atoms with van der Waals surface area (Å²) >= 11 is 0. The molecule has 0 aliphatic rings. The summed E-state index contributed by atoms with van der Waals surface area (Å²) in [6.45, 7) is 3.70. The molecule has 0 fully saturated rings. The van der Waals surface area contributed by atoms with Crippen LogP contribution in [0, 0.1) is 12.7 Å². The first-order valence-corrected chi connectivity index (χ1v) is 6.47. The molecule has 0 aromatic heterocycles. The van der Waals surface area contributed by atoms with Crippen LogP contribution in [0.15, 0.2) is 36.4 Å². The number of halogens is 1. The number of phenolic OH excluding ortho intramolecular Hbond substituents is 1. The first-order chi connectivity index (χ1) is 9.88. The van der Waals surface area contributed by atoms with Crippen LogP contribution < -0.4 is 5.32 Å². The van der Waals surface area contributed by atoms with Crippen molar-refractivity contribution in [1.82, 2.24) is 0 Å². The third-order valence-electron chi connectivity index (χ3n) is 3.23. The smallest absolute Gasteiger partial charge is 0.338 e. The van der Waals surface area contributed by atoms with Crippen LogP contribution in [0.2, 0.25) is 0 Å². The highest BCUT2D eigenvalue weighted by molar-refractivity contribution is 5.89. The van der Waals surface area contributed by atoms with Gasteiger partial charge in [-0.25, -0.2) is 9.18 Å². The Bertz CT molecular complexity index is 685. The van der Waals surface area contributed by atoms with Gasteiger partial charge in [0, 0.05) is 11.3 Å². The molecule has 0 amide bonds. The Kier molecular flexibility index (Phi) is 4.12. The average molecular weight is 289 g/mol. The van der Waals surface area contributed by atoms with E-state index in [2.05, 4.69) is 5.32 Å². The van der Waals surface area contributed by atoms with Crippen LogP contribution >= 0.6 is 0 Å². The third-order valence-corrected chi connectivity index (χ3v) is 3.23. The van der Waals surface area contributed by atoms with Crippen molar-refractivity contribution in [2.75, 3.05) is 5.32 Å². The second kappa shape index (κ2) is 5.83. The van der Waals surface area contributed by atoms with Gasteiger partial charge in [0.1, 0.15) is 11.6 Å². The van der Waals surface area contributed by atoms with Gasteiger partial charge in [0.15, 0.2) is 0 Å². The number of nitrogens with one attached hydrogen (secondary N) is 1. The van der Waals surface area contributed by atoms with Crippen LogP contribution in [-0.4, -0.2) is 16.2 Å². The van der Waals surface area contributed by atoms with Crippen LogP contribution in [0.1, 0.15) is 34.5 Å². The summed E-state index contributed by atoms with van der Waals surface area (Å²) in [5.74, 6) is -1.93. The first kappa shape index (κ1) is 14.8. The molecule has 5 heteroatoms. The molecule has 1 unspecified atom stereocenters. The second-order valence-corrected chi connectivity index (χ2v) is 4.93. The highest BCUT2D eigenvalue weighted by Crippen LogP contribution is 2.28. The number of aryl methyl sites for hydroxylation is 1. The van der Waals surface area contributed by atoms with E-state index >= 15 is 0 Å². The van der Waals surface area contributed by atoms with Gasteiger partial charge in [-0.05, 0) is 43.7 Å². The maximum atomic E-state index is 13.3. The maximum Gasteiger partial charge on any atom is 0.338 e. The lowest BCUT2D eigenvalue weighted by molar-refractivity contribution is 0.0692. The molecule has 0 saturated carbocycles. The molecule has 0 bridgehead atoms.